The number of carbonyl (C=O) groups excluding carboxylic acids is 1. The van der Waals surface area contributed by atoms with Crippen molar-refractivity contribution >= 4 is 5.91 Å². The molecule has 0 aliphatic carbocycles. The molecule has 2 heterocycles. The first kappa shape index (κ1) is 13.5. The van der Waals surface area contributed by atoms with Gasteiger partial charge in [-0.2, -0.15) is 0 Å². The molecule has 108 valence electrons. The van der Waals surface area contributed by atoms with Gasteiger partial charge in [-0.15, -0.1) is 0 Å². The van der Waals surface area contributed by atoms with E-state index in [0.717, 1.165) is 31.0 Å². The molecular weight excluding hydrogens is 268 g/mol. The number of carbonyl (C=O) groups is 1. The van der Waals surface area contributed by atoms with Crippen molar-refractivity contribution in [3.05, 3.63) is 35.4 Å². The van der Waals surface area contributed by atoms with Crippen LogP contribution in [0.5, 0.6) is 0 Å². The van der Waals surface area contributed by atoms with Gasteiger partial charge < -0.3 is 14.4 Å². The van der Waals surface area contributed by atoms with E-state index in [1.165, 1.54) is 4.90 Å². The molecule has 2 fully saturated rings. The molecule has 1 aromatic rings. The monoisotopic (exact) mass is 283 g/mol. The third kappa shape index (κ3) is 2.53. The summed E-state index contributed by atoms with van der Waals surface area (Å²) in [4.78, 5) is 13.9. The van der Waals surface area contributed by atoms with Crippen molar-refractivity contribution < 1.29 is 23.0 Å². The van der Waals surface area contributed by atoms with Crippen molar-refractivity contribution in [2.75, 3.05) is 26.3 Å². The number of hydrogen-bond donors (Lipinski definition) is 0. The molecular formula is C14H15F2NO3. The van der Waals surface area contributed by atoms with E-state index in [0.29, 0.717) is 26.3 Å². The molecule has 20 heavy (non-hydrogen) atoms. The third-order valence-electron chi connectivity index (χ3n) is 3.63. The molecule has 0 radical (unpaired) electrons. The van der Waals surface area contributed by atoms with Crippen LogP contribution in [0.1, 0.15) is 23.2 Å². The molecule has 2 aliphatic rings. The molecule has 4 nitrogen and oxygen atoms in total. The molecule has 1 aromatic carbocycles. The Labute approximate surface area is 115 Å². The van der Waals surface area contributed by atoms with Gasteiger partial charge in [0.25, 0.3) is 5.91 Å². The molecule has 2 aliphatic heterocycles. The van der Waals surface area contributed by atoms with Crippen molar-refractivity contribution in [3.63, 3.8) is 0 Å². The fourth-order valence-electron chi connectivity index (χ4n) is 2.75. The Bertz CT molecular complexity index is 509. The Kier molecular flexibility index (Phi) is 3.43. The Morgan fingerprint density at radius 2 is 1.80 bits per heavy atom. The summed E-state index contributed by atoms with van der Waals surface area (Å²) in [6.07, 6.45) is 1.47. The Morgan fingerprint density at radius 3 is 2.45 bits per heavy atom. The molecule has 2 saturated heterocycles. The lowest BCUT2D eigenvalue weighted by atomic mass is 10.0. The number of nitrogens with zero attached hydrogens (tertiary/aromatic N) is 1. The summed E-state index contributed by atoms with van der Waals surface area (Å²) in [6, 6.07) is 2.84. The first-order valence-electron chi connectivity index (χ1n) is 6.61. The molecule has 1 spiro atoms. The van der Waals surface area contributed by atoms with E-state index in [1.807, 2.05) is 0 Å². The molecule has 6 heteroatoms. The number of rotatable bonds is 1. The maximum atomic E-state index is 13.2. The van der Waals surface area contributed by atoms with Gasteiger partial charge in [0.1, 0.15) is 11.6 Å². The third-order valence-corrected chi connectivity index (χ3v) is 3.63. The maximum absolute atomic E-state index is 13.2. The van der Waals surface area contributed by atoms with Gasteiger partial charge in [0.15, 0.2) is 5.79 Å². The highest BCUT2D eigenvalue weighted by molar-refractivity contribution is 5.94. The predicted octanol–water partition coefficient (Wildman–Crippen LogP) is 1.94. The minimum Gasteiger partial charge on any atom is -0.346 e. The van der Waals surface area contributed by atoms with E-state index < -0.39 is 23.3 Å². The van der Waals surface area contributed by atoms with Gasteiger partial charge in [-0.05, 0) is 18.6 Å². The highest BCUT2D eigenvalue weighted by Gasteiger charge is 2.42. The fourth-order valence-corrected chi connectivity index (χ4v) is 2.75. The molecule has 0 N–H and O–H groups in total. The molecule has 0 atom stereocenters. The fraction of sp³-hybridized carbons (Fsp3) is 0.500. The predicted molar refractivity (Wildman–Crippen MR) is 66.1 cm³/mol. The zero-order chi connectivity index (χ0) is 14.2. The van der Waals surface area contributed by atoms with Crippen LogP contribution in [0.2, 0.25) is 0 Å². The number of benzene rings is 1. The number of halogens is 2. The quantitative estimate of drug-likeness (QED) is 0.790. The van der Waals surface area contributed by atoms with Gasteiger partial charge in [-0.25, -0.2) is 8.78 Å². The molecule has 1 amide bonds. The average molecular weight is 283 g/mol. The number of ether oxygens (including phenoxy) is 2. The van der Waals surface area contributed by atoms with Gasteiger partial charge >= 0.3 is 0 Å². The summed E-state index contributed by atoms with van der Waals surface area (Å²) in [5, 5.41) is 0. The van der Waals surface area contributed by atoms with E-state index in [1.54, 1.807) is 0 Å². The van der Waals surface area contributed by atoms with E-state index >= 15 is 0 Å². The van der Waals surface area contributed by atoms with Gasteiger partial charge in [-0.1, -0.05) is 0 Å². The van der Waals surface area contributed by atoms with Crippen molar-refractivity contribution in [2.24, 2.45) is 0 Å². The van der Waals surface area contributed by atoms with Crippen LogP contribution in [0.3, 0.4) is 0 Å². The minimum absolute atomic E-state index is 0.0116. The molecule has 0 aromatic heterocycles. The van der Waals surface area contributed by atoms with E-state index in [9.17, 15) is 13.6 Å². The van der Waals surface area contributed by atoms with Gasteiger partial charge in [-0.3, -0.25) is 4.79 Å². The zero-order valence-electron chi connectivity index (χ0n) is 10.9. The van der Waals surface area contributed by atoms with E-state index in [4.69, 9.17) is 9.47 Å². The zero-order valence-corrected chi connectivity index (χ0v) is 10.9. The van der Waals surface area contributed by atoms with Gasteiger partial charge in [0.2, 0.25) is 0 Å². The number of likely N-dealkylation sites (tertiary alicyclic amines) is 1. The van der Waals surface area contributed by atoms with Crippen molar-refractivity contribution in [3.8, 4) is 0 Å². The lowest BCUT2D eigenvalue weighted by molar-refractivity contribution is -0.183. The second-order valence-corrected chi connectivity index (χ2v) is 5.10. The second kappa shape index (κ2) is 5.10. The standard InChI is InChI=1S/C14H15F2NO3/c15-11-6-10(7-12(16)8-11)13(18)17-3-1-2-14(9-17)19-4-5-20-14/h6-8H,1-5,9H2. The number of piperidine rings is 1. The summed E-state index contributed by atoms with van der Waals surface area (Å²) in [7, 11) is 0. The number of amides is 1. The lowest BCUT2D eigenvalue weighted by Gasteiger charge is -2.38. The molecule has 0 bridgehead atoms. The van der Waals surface area contributed by atoms with Crippen LogP contribution >= 0.6 is 0 Å². The van der Waals surface area contributed by atoms with Gasteiger partial charge in [0, 0.05) is 24.6 Å². The van der Waals surface area contributed by atoms with Crippen LogP contribution in [-0.2, 0) is 9.47 Å². The number of hydrogen-bond acceptors (Lipinski definition) is 3. The van der Waals surface area contributed by atoms with E-state index in [-0.39, 0.29) is 5.56 Å². The lowest BCUT2D eigenvalue weighted by Crippen LogP contribution is -2.51. The van der Waals surface area contributed by atoms with Crippen LogP contribution in [0.25, 0.3) is 0 Å². The Morgan fingerprint density at radius 1 is 1.15 bits per heavy atom. The summed E-state index contributed by atoms with van der Waals surface area (Å²) in [5.74, 6) is -2.65. The van der Waals surface area contributed by atoms with Crippen LogP contribution in [-0.4, -0.2) is 42.9 Å². The van der Waals surface area contributed by atoms with Gasteiger partial charge in [0.05, 0.1) is 19.8 Å². The first-order valence-corrected chi connectivity index (χ1v) is 6.61. The van der Waals surface area contributed by atoms with Crippen LogP contribution in [0.4, 0.5) is 8.78 Å². The van der Waals surface area contributed by atoms with Crippen LogP contribution in [0.15, 0.2) is 18.2 Å². The second-order valence-electron chi connectivity index (χ2n) is 5.10. The molecule has 3 rings (SSSR count). The Hall–Kier alpha value is -1.53. The Balaban J connectivity index is 1.79. The summed E-state index contributed by atoms with van der Waals surface area (Å²) >= 11 is 0. The molecule has 0 saturated carbocycles. The average Bonchev–Trinajstić information content (AvgIpc) is 2.85. The topological polar surface area (TPSA) is 38.8 Å². The van der Waals surface area contributed by atoms with Crippen molar-refractivity contribution in [1.29, 1.82) is 0 Å². The summed E-state index contributed by atoms with van der Waals surface area (Å²) in [5.41, 5.74) is 0.0116. The first-order chi connectivity index (χ1) is 9.58. The summed E-state index contributed by atoms with van der Waals surface area (Å²) in [6.45, 7) is 1.85. The minimum atomic E-state index is -0.756. The normalized spacial score (nSPS) is 21.4. The highest BCUT2D eigenvalue weighted by atomic mass is 19.1. The SMILES string of the molecule is O=C(c1cc(F)cc(F)c1)N1CCCC2(C1)OCCO2. The van der Waals surface area contributed by atoms with Crippen molar-refractivity contribution in [1.82, 2.24) is 4.90 Å². The van der Waals surface area contributed by atoms with Crippen LogP contribution in [0, 0.1) is 11.6 Å². The van der Waals surface area contributed by atoms with Crippen molar-refractivity contribution in [2.45, 2.75) is 18.6 Å². The maximum Gasteiger partial charge on any atom is 0.254 e. The van der Waals surface area contributed by atoms with Crippen LogP contribution < -0.4 is 0 Å². The highest BCUT2D eigenvalue weighted by Crippen LogP contribution is 2.30. The largest absolute Gasteiger partial charge is 0.346 e. The summed E-state index contributed by atoms with van der Waals surface area (Å²) < 4.78 is 37.5. The molecule has 0 unspecified atom stereocenters. The van der Waals surface area contributed by atoms with E-state index in [2.05, 4.69) is 0 Å². The smallest absolute Gasteiger partial charge is 0.254 e.